The van der Waals surface area contributed by atoms with Gasteiger partial charge in [0, 0.05) is 67.0 Å². The molecule has 3 aliphatic heterocycles. The topological polar surface area (TPSA) is 209 Å². The van der Waals surface area contributed by atoms with Crippen molar-refractivity contribution in [1.82, 2.24) is 25.5 Å². The Kier molecular flexibility index (Phi) is 11.5. The molecule has 1 aliphatic carbocycles. The summed E-state index contributed by atoms with van der Waals surface area (Å²) in [5, 5.41) is 8.00. The van der Waals surface area contributed by atoms with Gasteiger partial charge in [0.2, 0.25) is 23.6 Å². The molecule has 3 atom stereocenters. The number of rotatable bonds is 13. The lowest BCUT2D eigenvalue weighted by Crippen LogP contribution is -2.55. The summed E-state index contributed by atoms with van der Waals surface area (Å²) in [7, 11) is 3.32. The van der Waals surface area contributed by atoms with Crippen molar-refractivity contribution in [1.29, 1.82) is 0 Å². The van der Waals surface area contributed by atoms with Crippen LogP contribution >= 0.6 is 0 Å². The molecule has 6 amide bonds. The van der Waals surface area contributed by atoms with Gasteiger partial charge in [0.15, 0.2) is 5.82 Å². The van der Waals surface area contributed by atoms with Crippen LogP contribution in [-0.2, 0) is 32.1 Å². The van der Waals surface area contributed by atoms with E-state index in [0.717, 1.165) is 37.1 Å². The zero-order valence-electron chi connectivity index (χ0n) is 32.5. The van der Waals surface area contributed by atoms with Crippen molar-refractivity contribution in [2.24, 2.45) is 5.73 Å². The number of imide groups is 1. The van der Waals surface area contributed by atoms with Crippen LogP contribution in [0.1, 0.15) is 102 Å². The monoisotopic (exact) mass is 779 g/mol. The number of nitrogens with one attached hydrogen (secondary N) is 3. The third-order valence-electron chi connectivity index (χ3n) is 11.5. The van der Waals surface area contributed by atoms with E-state index in [2.05, 4.69) is 25.8 Å². The second-order valence-corrected chi connectivity index (χ2v) is 15.1. The predicted molar refractivity (Wildman–Crippen MR) is 211 cm³/mol. The Bertz CT molecular complexity index is 2100. The molecule has 4 heterocycles. The molecule has 0 spiro atoms. The van der Waals surface area contributed by atoms with Crippen molar-refractivity contribution in [2.75, 3.05) is 35.8 Å². The van der Waals surface area contributed by atoms with E-state index < -0.39 is 23.9 Å². The van der Waals surface area contributed by atoms with Crippen LogP contribution in [0.15, 0.2) is 42.6 Å². The number of carbonyl (C=O) groups is 6. The number of nitrogens with zero attached hydrogens (tertiary/aromatic N) is 5. The maximum absolute atomic E-state index is 13.3. The summed E-state index contributed by atoms with van der Waals surface area (Å²) in [5.74, 6) is -0.0138. The number of amides is 6. The Labute approximate surface area is 330 Å². The van der Waals surface area contributed by atoms with Gasteiger partial charge in [-0.1, -0.05) is 31.9 Å². The number of fused-ring (bicyclic) bond motifs is 2. The average Bonchev–Trinajstić information content (AvgIpc) is 3.86. The molecule has 7 rings (SSSR count). The van der Waals surface area contributed by atoms with Gasteiger partial charge in [-0.15, -0.1) is 0 Å². The van der Waals surface area contributed by atoms with Crippen LogP contribution in [0.5, 0.6) is 5.75 Å². The van der Waals surface area contributed by atoms with Gasteiger partial charge >= 0.3 is 0 Å². The van der Waals surface area contributed by atoms with Gasteiger partial charge in [-0.25, -0.2) is 9.97 Å². The molecule has 1 aromatic heterocycles. The minimum Gasteiger partial charge on any atom is -0.496 e. The highest BCUT2D eigenvalue weighted by Gasteiger charge is 2.42. The van der Waals surface area contributed by atoms with Crippen molar-refractivity contribution in [3.8, 4) is 5.75 Å². The molecular weight excluding hydrogens is 731 g/mol. The zero-order chi connectivity index (χ0) is 40.4. The van der Waals surface area contributed by atoms with Gasteiger partial charge in [-0.05, 0) is 62.8 Å². The maximum Gasteiger partial charge on any atom is 0.255 e. The van der Waals surface area contributed by atoms with Crippen LogP contribution in [0.4, 0.5) is 17.2 Å². The first-order valence-electron chi connectivity index (χ1n) is 19.7. The Morgan fingerprint density at radius 1 is 1.09 bits per heavy atom. The molecule has 16 heteroatoms. The molecule has 16 nitrogen and oxygen atoms in total. The van der Waals surface area contributed by atoms with Gasteiger partial charge < -0.3 is 35.8 Å². The third-order valence-corrected chi connectivity index (χ3v) is 11.5. The summed E-state index contributed by atoms with van der Waals surface area (Å²) in [6.45, 7) is 2.43. The van der Waals surface area contributed by atoms with Crippen molar-refractivity contribution >= 4 is 52.6 Å². The number of piperidine rings is 1. The average molecular weight is 780 g/mol. The van der Waals surface area contributed by atoms with Gasteiger partial charge in [0.1, 0.15) is 29.3 Å². The maximum atomic E-state index is 13.3. The minimum absolute atomic E-state index is 0.0606. The number of hydrogen-bond acceptors (Lipinski definition) is 11. The van der Waals surface area contributed by atoms with Crippen molar-refractivity contribution in [3.05, 3.63) is 70.7 Å². The molecule has 3 aromatic rings. The van der Waals surface area contributed by atoms with E-state index in [0.29, 0.717) is 58.9 Å². The lowest BCUT2D eigenvalue weighted by molar-refractivity contribution is -0.137. The molecule has 1 saturated heterocycles. The zero-order valence-corrected chi connectivity index (χ0v) is 32.5. The highest BCUT2D eigenvalue weighted by Crippen LogP contribution is 2.40. The molecule has 4 aliphatic rings. The minimum atomic E-state index is -0.884. The highest BCUT2D eigenvalue weighted by atomic mass is 16.5. The number of aromatic nitrogens is 2. The second-order valence-electron chi connectivity index (χ2n) is 15.1. The lowest BCUT2D eigenvalue weighted by Gasteiger charge is -2.43. The van der Waals surface area contributed by atoms with Crippen LogP contribution in [0, 0.1) is 0 Å². The molecule has 0 bridgehead atoms. The van der Waals surface area contributed by atoms with E-state index >= 15 is 0 Å². The highest BCUT2D eigenvalue weighted by molar-refractivity contribution is 6.07. The normalized spacial score (nSPS) is 20.0. The largest absolute Gasteiger partial charge is 0.496 e. The summed E-state index contributed by atoms with van der Waals surface area (Å²) < 4.78 is 5.69. The number of carbonyl (C=O) groups excluding carboxylic acids is 6. The van der Waals surface area contributed by atoms with E-state index in [-0.39, 0.29) is 68.1 Å². The van der Waals surface area contributed by atoms with E-state index in [9.17, 15) is 28.8 Å². The number of ether oxygens (including phenoxy) is 1. The first kappa shape index (κ1) is 39.3. The van der Waals surface area contributed by atoms with Gasteiger partial charge in [-0.3, -0.25) is 34.1 Å². The fourth-order valence-corrected chi connectivity index (χ4v) is 8.39. The van der Waals surface area contributed by atoms with Crippen LogP contribution in [0.3, 0.4) is 0 Å². The van der Waals surface area contributed by atoms with Crippen LogP contribution in [-0.4, -0.2) is 95.2 Å². The Balaban J connectivity index is 0.926. The van der Waals surface area contributed by atoms with Gasteiger partial charge in [0.05, 0.1) is 19.3 Å². The quantitative estimate of drug-likeness (QED) is 0.147. The Morgan fingerprint density at radius 2 is 1.88 bits per heavy atom. The number of anilines is 3. The molecule has 2 aromatic carbocycles. The first-order valence-corrected chi connectivity index (χ1v) is 19.7. The number of likely N-dealkylation sites (N-methyl/N-ethyl adjacent to an activating group) is 1. The van der Waals surface area contributed by atoms with Crippen molar-refractivity contribution < 1.29 is 33.5 Å². The van der Waals surface area contributed by atoms with Crippen LogP contribution < -0.4 is 36.2 Å². The molecule has 300 valence electrons. The van der Waals surface area contributed by atoms with E-state index in [1.54, 1.807) is 55.6 Å². The summed E-state index contributed by atoms with van der Waals surface area (Å²) in [6.07, 6.45) is 8.20. The number of hydrogen-bond donors (Lipinski definition) is 4. The van der Waals surface area contributed by atoms with E-state index in [1.165, 1.54) is 4.90 Å². The third kappa shape index (κ3) is 7.90. The number of nitrogens with two attached hydrogens (primary N) is 1. The summed E-state index contributed by atoms with van der Waals surface area (Å²) in [6, 6.07) is 8.55. The van der Waals surface area contributed by atoms with Gasteiger partial charge in [-0.2, -0.15) is 0 Å². The smallest absolute Gasteiger partial charge is 0.255 e. The van der Waals surface area contributed by atoms with E-state index in [1.807, 2.05) is 13.0 Å². The molecule has 2 fully saturated rings. The fraction of sp³-hybridized carbons (Fsp3) is 0.463. The molecule has 1 unspecified atom stereocenters. The van der Waals surface area contributed by atoms with Crippen molar-refractivity contribution in [3.63, 3.8) is 0 Å². The molecule has 0 radical (unpaired) electrons. The molecule has 1 saturated carbocycles. The fourth-order valence-electron chi connectivity index (χ4n) is 8.39. The van der Waals surface area contributed by atoms with Crippen molar-refractivity contribution in [2.45, 2.75) is 102 Å². The van der Waals surface area contributed by atoms with Gasteiger partial charge in [0.25, 0.3) is 11.8 Å². The molecular formula is C41H49N9O7. The molecule has 5 N–H and O–H groups in total. The summed E-state index contributed by atoms with van der Waals surface area (Å²) in [4.78, 5) is 91.6. The summed E-state index contributed by atoms with van der Waals surface area (Å²) in [5.41, 5.74) is 9.54. The summed E-state index contributed by atoms with van der Waals surface area (Å²) >= 11 is 0. The Hall–Kier alpha value is -5.90. The lowest BCUT2D eigenvalue weighted by atomic mass is 10.0. The van der Waals surface area contributed by atoms with Crippen LogP contribution in [0.2, 0.25) is 0 Å². The number of methoxy groups -OCH3 is 1. The van der Waals surface area contributed by atoms with E-state index in [4.69, 9.17) is 15.5 Å². The first-order chi connectivity index (χ1) is 27.5. The predicted octanol–water partition coefficient (Wildman–Crippen LogP) is 2.82. The van der Waals surface area contributed by atoms with Crippen LogP contribution in [0.25, 0.3) is 0 Å². The Morgan fingerprint density at radius 3 is 2.61 bits per heavy atom. The number of benzene rings is 2. The standard InChI is InChI=1S/C41H49N9O7/c1-4-30-41(56)48(2)32-21-44-34(46-36(32)50(30)25-9-5-6-10-25)20-23-14-15-24(19-33(23)57-3)37(52)43-18-8-12-28(42)38(53)45-29-13-7-11-26-27(29)22-49(40(26)55)31-16-17-35(51)47-39(31)54/h7,11,13-15,19,21,25,28,30-31H,4-6,8-10,12,16-18,20,22,42H2,1-3H3,(H,43,52)(H,45,53)(H,47,51,54)/t28-,30-,31?/m1/s1. The SMILES string of the molecule is CC[C@@H]1C(=O)N(C)c2cnc(Cc3ccc(C(=O)NCCC[C@@H](N)C(=O)Nc4cccc5c4CN(C4CCC(=O)NC4=O)C5=O)cc3OC)nc2N1C1CCCC1. The molecule has 57 heavy (non-hydrogen) atoms. The second kappa shape index (κ2) is 16.7.